The van der Waals surface area contributed by atoms with E-state index in [1.165, 1.54) is 24.3 Å². The Hall–Kier alpha value is -1.21. The predicted octanol–water partition coefficient (Wildman–Crippen LogP) is 2.66. The van der Waals surface area contributed by atoms with E-state index in [-0.39, 0.29) is 17.0 Å². The molecule has 20 heavy (non-hydrogen) atoms. The van der Waals surface area contributed by atoms with Gasteiger partial charge >= 0.3 is 5.76 Å². The molecule has 1 aromatic carbocycles. The number of hydrogen-bond acceptors (Lipinski definition) is 4. The standard InChI is InChI=1S/C13H17F2NO3S/c1-2-19-11-7-10(8-11)16-9-3-5-12(6-4-9)20(17,18)13(14)15/h3-6,10-11,13,16H,2,7-8H2,1H3. The highest BCUT2D eigenvalue weighted by Gasteiger charge is 2.30. The van der Waals surface area contributed by atoms with Crippen molar-refractivity contribution < 1.29 is 21.9 Å². The van der Waals surface area contributed by atoms with Gasteiger partial charge < -0.3 is 10.1 Å². The molecule has 1 N–H and O–H groups in total. The maximum Gasteiger partial charge on any atom is 0.341 e. The Balaban J connectivity index is 1.93. The molecule has 4 nitrogen and oxygen atoms in total. The second-order valence-electron chi connectivity index (χ2n) is 4.72. The zero-order chi connectivity index (χ0) is 14.8. The van der Waals surface area contributed by atoms with Gasteiger partial charge in [0.2, 0.25) is 9.84 Å². The summed E-state index contributed by atoms with van der Waals surface area (Å²) in [6.07, 6.45) is 2.06. The lowest BCUT2D eigenvalue weighted by Gasteiger charge is -2.36. The van der Waals surface area contributed by atoms with Crippen molar-refractivity contribution in [3.05, 3.63) is 24.3 Å². The van der Waals surface area contributed by atoms with E-state index < -0.39 is 15.6 Å². The minimum Gasteiger partial charge on any atom is -0.382 e. The van der Waals surface area contributed by atoms with Crippen molar-refractivity contribution >= 4 is 15.5 Å². The molecule has 0 bridgehead atoms. The van der Waals surface area contributed by atoms with Gasteiger partial charge in [0, 0.05) is 18.3 Å². The molecular weight excluding hydrogens is 288 g/mol. The molecule has 0 heterocycles. The zero-order valence-corrected chi connectivity index (χ0v) is 11.9. The van der Waals surface area contributed by atoms with E-state index >= 15 is 0 Å². The molecule has 0 saturated heterocycles. The topological polar surface area (TPSA) is 55.4 Å². The first-order valence-corrected chi connectivity index (χ1v) is 7.98. The monoisotopic (exact) mass is 305 g/mol. The van der Waals surface area contributed by atoms with Crippen molar-refractivity contribution in [2.75, 3.05) is 11.9 Å². The van der Waals surface area contributed by atoms with Crippen LogP contribution in [0.2, 0.25) is 0 Å². The van der Waals surface area contributed by atoms with Crippen LogP contribution >= 0.6 is 0 Å². The number of hydrogen-bond donors (Lipinski definition) is 1. The summed E-state index contributed by atoms with van der Waals surface area (Å²) in [5.74, 6) is -3.39. The van der Waals surface area contributed by atoms with Crippen LogP contribution in [-0.2, 0) is 14.6 Å². The molecule has 0 unspecified atom stereocenters. The lowest BCUT2D eigenvalue weighted by atomic mass is 9.89. The normalized spacial score (nSPS) is 22.6. The Labute approximate surface area is 117 Å². The molecule has 0 aromatic heterocycles. The fraction of sp³-hybridized carbons (Fsp3) is 0.538. The first-order valence-electron chi connectivity index (χ1n) is 6.43. The van der Waals surface area contributed by atoms with Crippen molar-refractivity contribution in [3.63, 3.8) is 0 Å². The number of ether oxygens (including phenoxy) is 1. The van der Waals surface area contributed by atoms with Crippen molar-refractivity contribution in [1.82, 2.24) is 0 Å². The van der Waals surface area contributed by atoms with Gasteiger partial charge in [0.1, 0.15) is 0 Å². The summed E-state index contributed by atoms with van der Waals surface area (Å²) in [7, 11) is -4.51. The quantitative estimate of drug-likeness (QED) is 0.878. The molecule has 0 aliphatic heterocycles. The van der Waals surface area contributed by atoms with Crippen LogP contribution in [0.25, 0.3) is 0 Å². The summed E-state index contributed by atoms with van der Waals surface area (Å²) in [5, 5.41) is 3.21. The highest BCUT2D eigenvalue weighted by Crippen LogP contribution is 2.27. The zero-order valence-electron chi connectivity index (χ0n) is 11.1. The van der Waals surface area contributed by atoms with Gasteiger partial charge in [0.05, 0.1) is 11.0 Å². The average molecular weight is 305 g/mol. The van der Waals surface area contributed by atoms with Gasteiger partial charge in [0.15, 0.2) is 0 Å². The van der Waals surface area contributed by atoms with Crippen LogP contribution < -0.4 is 5.32 Å². The van der Waals surface area contributed by atoms with Gasteiger partial charge in [-0.3, -0.25) is 0 Å². The number of rotatable bonds is 6. The highest BCUT2D eigenvalue weighted by molar-refractivity contribution is 7.91. The van der Waals surface area contributed by atoms with Gasteiger partial charge in [-0.05, 0) is 44.0 Å². The average Bonchev–Trinajstić information content (AvgIpc) is 2.37. The van der Waals surface area contributed by atoms with Crippen LogP contribution in [0.15, 0.2) is 29.2 Å². The third-order valence-corrected chi connectivity index (χ3v) is 4.68. The fourth-order valence-corrected chi connectivity index (χ4v) is 2.86. The SMILES string of the molecule is CCOC1CC(Nc2ccc(S(=O)(=O)C(F)F)cc2)C1. The summed E-state index contributed by atoms with van der Waals surface area (Å²) >= 11 is 0. The number of halogens is 2. The molecular formula is C13H17F2NO3S. The first kappa shape index (κ1) is 15.2. The van der Waals surface area contributed by atoms with Gasteiger partial charge in [-0.2, -0.15) is 8.78 Å². The number of sulfone groups is 1. The number of nitrogens with one attached hydrogen (secondary N) is 1. The molecule has 112 valence electrons. The minimum absolute atomic E-state index is 0.274. The predicted molar refractivity (Wildman–Crippen MR) is 71.7 cm³/mol. The fourth-order valence-electron chi connectivity index (χ4n) is 2.13. The third-order valence-electron chi connectivity index (χ3n) is 3.29. The number of alkyl halides is 2. The summed E-state index contributed by atoms with van der Waals surface area (Å²) < 4.78 is 52.7. The Morgan fingerprint density at radius 2 is 1.90 bits per heavy atom. The van der Waals surface area contributed by atoms with E-state index in [2.05, 4.69) is 5.32 Å². The summed E-state index contributed by atoms with van der Waals surface area (Å²) in [6.45, 7) is 2.64. The van der Waals surface area contributed by atoms with E-state index in [1.54, 1.807) is 0 Å². The van der Waals surface area contributed by atoms with Crippen molar-refractivity contribution in [3.8, 4) is 0 Å². The minimum atomic E-state index is -4.51. The van der Waals surface area contributed by atoms with Crippen LogP contribution in [0.3, 0.4) is 0 Å². The van der Waals surface area contributed by atoms with Crippen molar-refractivity contribution in [2.45, 2.75) is 42.6 Å². The third kappa shape index (κ3) is 3.27. The van der Waals surface area contributed by atoms with Gasteiger partial charge in [-0.1, -0.05) is 0 Å². The summed E-state index contributed by atoms with van der Waals surface area (Å²) in [4.78, 5) is -0.362. The Morgan fingerprint density at radius 3 is 2.40 bits per heavy atom. The molecule has 7 heteroatoms. The van der Waals surface area contributed by atoms with Crippen molar-refractivity contribution in [2.24, 2.45) is 0 Å². The Bertz CT molecular complexity index is 539. The molecule has 1 aliphatic rings. The molecule has 0 spiro atoms. The van der Waals surface area contributed by atoms with Crippen LogP contribution in [0, 0.1) is 0 Å². The van der Waals surface area contributed by atoms with E-state index in [1.807, 2.05) is 6.92 Å². The van der Waals surface area contributed by atoms with E-state index in [0.717, 1.165) is 18.5 Å². The second kappa shape index (κ2) is 6.05. The number of benzene rings is 1. The second-order valence-corrected chi connectivity index (χ2v) is 6.64. The lowest BCUT2D eigenvalue weighted by molar-refractivity contribution is 0.00299. The summed E-state index contributed by atoms with van der Waals surface area (Å²) in [6, 6.07) is 5.68. The summed E-state index contributed by atoms with van der Waals surface area (Å²) in [5.41, 5.74) is 0.721. The van der Waals surface area contributed by atoms with Crippen LogP contribution in [0.4, 0.5) is 14.5 Å². The maximum atomic E-state index is 12.4. The largest absolute Gasteiger partial charge is 0.382 e. The highest BCUT2D eigenvalue weighted by atomic mass is 32.2. The Kier molecular flexibility index (Phi) is 4.59. The molecule has 0 atom stereocenters. The molecule has 1 aromatic rings. The van der Waals surface area contributed by atoms with Crippen LogP contribution in [-0.4, -0.2) is 32.9 Å². The molecule has 0 radical (unpaired) electrons. The molecule has 1 saturated carbocycles. The van der Waals surface area contributed by atoms with Gasteiger partial charge in [-0.25, -0.2) is 8.42 Å². The van der Waals surface area contributed by atoms with E-state index in [4.69, 9.17) is 4.74 Å². The molecule has 2 rings (SSSR count). The van der Waals surface area contributed by atoms with Gasteiger partial charge in [0.25, 0.3) is 0 Å². The Morgan fingerprint density at radius 1 is 1.30 bits per heavy atom. The van der Waals surface area contributed by atoms with Crippen LogP contribution in [0.5, 0.6) is 0 Å². The van der Waals surface area contributed by atoms with Crippen LogP contribution in [0.1, 0.15) is 19.8 Å². The molecule has 1 fully saturated rings. The smallest absolute Gasteiger partial charge is 0.341 e. The molecule has 0 amide bonds. The van der Waals surface area contributed by atoms with Gasteiger partial charge in [-0.15, -0.1) is 0 Å². The maximum absolute atomic E-state index is 12.4. The lowest BCUT2D eigenvalue weighted by Crippen LogP contribution is -2.40. The van der Waals surface area contributed by atoms with E-state index in [9.17, 15) is 17.2 Å². The number of anilines is 1. The van der Waals surface area contributed by atoms with Crippen molar-refractivity contribution in [1.29, 1.82) is 0 Å². The first-order chi connectivity index (χ1) is 9.43. The molecule has 1 aliphatic carbocycles. The van der Waals surface area contributed by atoms with E-state index in [0.29, 0.717) is 6.61 Å².